The van der Waals surface area contributed by atoms with E-state index < -0.39 is 5.97 Å². The van der Waals surface area contributed by atoms with Gasteiger partial charge < -0.3 is 14.9 Å². The molecule has 1 aliphatic carbocycles. The van der Waals surface area contributed by atoms with E-state index in [1.807, 2.05) is 9.80 Å². The smallest absolute Gasteiger partial charge is 0.339 e. The summed E-state index contributed by atoms with van der Waals surface area (Å²) in [6.07, 6.45) is 7.21. The maximum atomic E-state index is 12.6. The lowest BCUT2D eigenvalue weighted by molar-refractivity contribution is -0.136. The number of carbonyl (C=O) groups excluding carboxylic acids is 1. The molecule has 2 fully saturated rings. The molecule has 3 rings (SSSR count). The highest BCUT2D eigenvalue weighted by Gasteiger charge is 2.29. The standard InChI is InChI=1S/C17H23N3O3/c21-16(13-5-2-1-3-6-13)20-11-9-19(10-12-20)15-14(17(22)23)7-4-8-18-15/h4,7-8,13H,1-3,5-6,9-12H2,(H,22,23). The predicted molar refractivity (Wildman–Crippen MR) is 86.6 cm³/mol. The maximum absolute atomic E-state index is 12.6. The van der Waals surface area contributed by atoms with Crippen molar-refractivity contribution in [1.29, 1.82) is 0 Å². The van der Waals surface area contributed by atoms with Crippen LogP contribution in [0, 0.1) is 5.92 Å². The molecule has 0 spiro atoms. The number of aromatic carboxylic acids is 1. The number of amides is 1. The molecule has 23 heavy (non-hydrogen) atoms. The van der Waals surface area contributed by atoms with Crippen molar-refractivity contribution >= 4 is 17.7 Å². The first-order valence-electron chi connectivity index (χ1n) is 8.39. The first-order valence-corrected chi connectivity index (χ1v) is 8.39. The van der Waals surface area contributed by atoms with Crippen LogP contribution in [0.2, 0.25) is 0 Å². The van der Waals surface area contributed by atoms with Crippen LogP contribution in [0.1, 0.15) is 42.5 Å². The van der Waals surface area contributed by atoms with E-state index in [0.717, 1.165) is 25.7 Å². The fraction of sp³-hybridized carbons (Fsp3) is 0.588. The molecular weight excluding hydrogens is 294 g/mol. The number of carboxylic acids is 1. The summed E-state index contributed by atoms with van der Waals surface area (Å²) in [6.45, 7) is 2.56. The highest BCUT2D eigenvalue weighted by molar-refractivity contribution is 5.93. The van der Waals surface area contributed by atoms with Crippen LogP contribution < -0.4 is 4.90 Å². The van der Waals surface area contributed by atoms with Gasteiger partial charge in [0.05, 0.1) is 0 Å². The number of hydrogen-bond donors (Lipinski definition) is 1. The Hall–Kier alpha value is -2.11. The van der Waals surface area contributed by atoms with Crippen molar-refractivity contribution in [3.05, 3.63) is 23.9 Å². The Kier molecular flexibility index (Phi) is 4.79. The van der Waals surface area contributed by atoms with Crippen LogP contribution in [0.25, 0.3) is 0 Å². The molecule has 1 saturated carbocycles. The fourth-order valence-corrected chi connectivity index (χ4v) is 3.56. The van der Waals surface area contributed by atoms with Gasteiger partial charge in [-0.3, -0.25) is 4.79 Å². The SMILES string of the molecule is O=C(O)c1cccnc1N1CCN(C(=O)C2CCCCC2)CC1. The van der Waals surface area contributed by atoms with Crippen LogP contribution in [0.5, 0.6) is 0 Å². The number of aromatic nitrogens is 1. The van der Waals surface area contributed by atoms with Gasteiger partial charge in [0, 0.05) is 38.3 Å². The zero-order chi connectivity index (χ0) is 16.2. The molecule has 0 atom stereocenters. The van der Waals surface area contributed by atoms with Gasteiger partial charge in [0.1, 0.15) is 11.4 Å². The molecule has 1 aromatic heterocycles. The third-order valence-corrected chi connectivity index (χ3v) is 4.86. The summed E-state index contributed by atoms with van der Waals surface area (Å²) < 4.78 is 0. The Bertz CT molecular complexity index is 576. The minimum Gasteiger partial charge on any atom is -0.478 e. The summed E-state index contributed by atoms with van der Waals surface area (Å²) in [5.41, 5.74) is 0.222. The Labute approximate surface area is 136 Å². The van der Waals surface area contributed by atoms with Gasteiger partial charge in [-0.15, -0.1) is 0 Å². The van der Waals surface area contributed by atoms with Crippen LogP contribution in [0.4, 0.5) is 5.82 Å². The lowest BCUT2D eigenvalue weighted by Gasteiger charge is -2.38. The zero-order valence-corrected chi connectivity index (χ0v) is 13.3. The lowest BCUT2D eigenvalue weighted by Crippen LogP contribution is -2.51. The van der Waals surface area contributed by atoms with Gasteiger partial charge in [0.25, 0.3) is 0 Å². The van der Waals surface area contributed by atoms with Crippen molar-refractivity contribution in [2.24, 2.45) is 5.92 Å². The second kappa shape index (κ2) is 6.98. The Morgan fingerprint density at radius 3 is 2.43 bits per heavy atom. The Morgan fingerprint density at radius 1 is 1.09 bits per heavy atom. The van der Waals surface area contributed by atoms with Gasteiger partial charge in [-0.25, -0.2) is 9.78 Å². The summed E-state index contributed by atoms with van der Waals surface area (Å²) in [7, 11) is 0. The quantitative estimate of drug-likeness (QED) is 0.923. The van der Waals surface area contributed by atoms with Crippen molar-refractivity contribution in [1.82, 2.24) is 9.88 Å². The fourth-order valence-electron chi connectivity index (χ4n) is 3.56. The van der Waals surface area contributed by atoms with E-state index in [4.69, 9.17) is 0 Å². The van der Waals surface area contributed by atoms with Gasteiger partial charge >= 0.3 is 5.97 Å². The van der Waals surface area contributed by atoms with E-state index >= 15 is 0 Å². The average molecular weight is 317 g/mol. The van der Waals surface area contributed by atoms with Crippen LogP contribution in [0.3, 0.4) is 0 Å². The van der Waals surface area contributed by atoms with Gasteiger partial charge in [-0.2, -0.15) is 0 Å². The number of piperazine rings is 1. The second-order valence-corrected chi connectivity index (χ2v) is 6.33. The first kappa shape index (κ1) is 15.8. The molecule has 1 N–H and O–H groups in total. The normalized spacial score (nSPS) is 19.7. The van der Waals surface area contributed by atoms with Crippen molar-refractivity contribution in [2.75, 3.05) is 31.1 Å². The molecule has 2 heterocycles. The molecule has 0 aromatic carbocycles. The molecular formula is C17H23N3O3. The number of anilines is 1. The lowest BCUT2D eigenvalue weighted by atomic mass is 9.88. The third kappa shape index (κ3) is 3.46. The van der Waals surface area contributed by atoms with Gasteiger partial charge in [-0.05, 0) is 25.0 Å². The van der Waals surface area contributed by atoms with Crippen LogP contribution in [0.15, 0.2) is 18.3 Å². The first-order chi connectivity index (χ1) is 11.2. The van der Waals surface area contributed by atoms with E-state index in [1.165, 1.54) is 6.42 Å². The molecule has 1 aliphatic heterocycles. The topological polar surface area (TPSA) is 73.7 Å². The molecule has 6 nitrogen and oxygen atoms in total. The highest BCUT2D eigenvalue weighted by atomic mass is 16.4. The average Bonchev–Trinajstić information content (AvgIpc) is 2.62. The van der Waals surface area contributed by atoms with Crippen molar-refractivity contribution < 1.29 is 14.7 Å². The van der Waals surface area contributed by atoms with Gasteiger partial charge in [-0.1, -0.05) is 19.3 Å². The van der Waals surface area contributed by atoms with E-state index in [0.29, 0.717) is 32.0 Å². The molecule has 0 unspecified atom stereocenters. The molecule has 0 radical (unpaired) electrons. The molecule has 1 aromatic rings. The van der Waals surface area contributed by atoms with E-state index in [2.05, 4.69) is 4.98 Å². The van der Waals surface area contributed by atoms with Crippen molar-refractivity contribution in [3.8, 4) is 0 Å². The summed E-state index contributed by atoms with van der Waals surface area (Å²) in [5, 5.41) is 9.28. The number of pyridine rings is 1. The van der Waals surface area contributed by atoms with Gasteiger partial charge in [0.15, 0.2) is 0 Å². The summed E-state index contributed by atoms with van der Waals surface area (Å²) in [5.74, 6) is 0.0159. The predicted octanol–water partition coefficient (Wildman–Crippen LogP) is 2.01. The number of carboxylic acid groups (broad SMARTS) is 1. The van der Waals surface area contributed by atoms with Gasteiger partial charge in [0.2, 0.25) is 5.91 Å². The Morgan fingerprint density at radius 2 is 1.78 bits per heavy atom. The molecule has 2 aliphatic rings. The molecule has 6 heteroatoms. The third-order valence-electron chi connectivity index (χ3n) is 4.86. The largest absolute Gasteiger partial charge is 0.478 e. The number of carbonyl (C=O) groups is 2. The van der Waals surface area contributed by atoms with Crippen LogP contribution in [-0.2, 0) is 4.79 Å². The minimum atomic E-state index is -0.964. The highest BCUT2D eigenvalue weighted by Crippen LogP contribution is 2.26. The van der Waals surface area contributed by atoms with Crippen LogP contribution >= 0.6 is 0 Å². The Balaban J connectivity index is 1.62. The van der Waals surface area contributed by atoms with E-state index in [9.17, 15) is 14.7 Å². The molecule has 0 bridgehead atoms. The maximum Gasteiger partial charge on any atom is 0.339 e. The monoisotopic (exact) mass is 317 g/mol. The molecule has 1 amide bonds. The minimum absolute atomic E-state index is 0.194. The van der Waals surface area contributed by atoms with E-state index in [1.54, 1.807) is 18.3 Å². The number of hydrogen-bond acceptors (Lipinski definition) is 4. The molecule has 124 valence electrons. The zero-order valence-electron chi connectivity index (χ0n) is 13.3. The number of rotatable bonds is 3. The molecule has 1 saturated heterocycles. The second-order valence-electron chi connectivity index (χ2n) is 6.33. The van der Waals surface area contributed by atoms with Crippen molar-refractivity contribution in [2.45, 2.75) is 32.1 Å². The van der Waals surface area contributed by atoms with Crippen LogP contribution in [-0.4, -0.2) is 53.0 Å². The summed E-state index contributed by atoms with van der Waals surface area (Å²) in [4.78, 5) is 32.0. The summed E-state index contributed by atoms with van der Waals surface area (Å²) >= 11 is 0. The van der Waals surface area contributed by atoms with Crippen molar-refractivity contribution in [3.63, 3.8) is 0 Å². The van der Waals surface area contributed by atoms with E-state index in [-0.39, 0.29) is 17.4 Å². The summed E-state index contributed by atoms with van der Waals surface area (Å²) in [6, 6.07) is 3.21. The number of nitrogens with zero attached hydrogens (tertiary/aromatic N) is 3.